The fourth-order valence-corrected chi connectivity index (χ4v) is 15.8. The van der Waals surface area contributed by atoms with Gasteiger partial charge in [-0.3, -0.25) is 4.79 Å². The minimum absolute atomic E-state index is 0.0636. The Balaban J connectivity index is 1.02. The lowest BCUT2D eigenvalue weighted by molar-refractivity contribution is -0.221. The second-order valence-electron chi connectivity index (χ2n) is 21.8. The average Bonchev–Trinajstić information content (AvgIpc) is 3.83. The molecule has 58 heavy (non-hydrogen) atoms. The van der Waals surface area contributed by atoms with Crippen LogP contribution in [0.2, 0.25) is 0 Å². The summed E-state index contributed by atoms with van der Waals surface area (Å²) in [6, 6.07) is 0. The zero-order valence-corrected chi connectivity index (χ0v) is 37.9. The Hall–Kier alpha value is -2.45. The number of fused-ring (bicyclic) bond motifs is 7. The minimum atomic E-state index is -0.708. The molecule has 7 aliphatic rings. The van der Waals surface area contributed by atoms with Crippen molar-refractivity contribution in [2.24, 2.45) is 56.7 Å². The molecular formula is C50H79N5O3. The van der Waals surface area contributed by atoms with Crippen LogP contribution in [0.4, 0.5) is 0 Å². The monoisotopic (exact) mass is 798 g/mol. The highest BCUT2D eigenvalue weighted by molar-refractivity contribution is 5.78. The number of aromatic nitrogens is 3. The molecule has 10 atom stereocenters. The van der Waals surface area contributed by atoms with E-state index in [1.165, 1.54) is 101 Å². The molecule has 0 bridgehead atoms. The van der Waals surface area contributed by atoms with Crippen LogP contribution >= 0.6 is 0 Å². The summed E-state index contributed by atoms with van der Waals surface area (Å²) in [7, 11) is 0. The smallest absolute Gasteiger partial charge is 0.315 e. The number of nitrogens with one attached hydrogen (secondary N) is 1. The number of hydrogen-bond donors (Lipinski definition) is 1. The first kappa shape index (κ1) is 42.2. The van der Waals surface area contributed by atoms with E-state index in [1.807, 2.05) is 13.8 Å². The van der Waals surface area contributed by atoms with Crippen LogP contribution in [0.3, 0.4) is 0 Å². The summed E-state index contributed by atoms with van der Waals surface area (Å²) in [5.74, 6) is 3.92. The van der Waals surface area contributed by atoms with Gasteiger partial charge in [-0.25, -0.2) is 4.68 Å². The van der Waals surface area contributed by atoms with Crippen LogP contribution in [0.25, 0.3) is 0 Å². The van der Waals surface area contributed by atoms with E-state index in [2.05, 4.69) is 80.8 Å². The second kappa shape index (κ2) is 15.8. The summed E-state index contributed by atoms with van der Waals surface area (Å²) < 4.78 is 13.7. The molecule has 5 fully saturated rings. The first-order valence-corrected chi connectivity index (χ1v) is 23.9. The van der Waals surface area contributed by atoms with Gasteiger partial charge in [-0.15, -0.1) is 5.10 Å². The Labute approximate surface area is 351 Å². The largest absolute Gasteiger partial charge is 0.475 e. The highest BCUT2D eigenvalue weighted by Gasteiger charge is 2.70. The Bertz CT molecular complexity index is 1760. The van der Waals surface area contributed by atoms with Gasteiger partial charge >= 0.3 is 5.97 Å². The molecule has 1 aromatic rings. The maximum atomic E-state index is 13.6. The topological polar surface area (TPSA) is 81.5 Å². The van der Waals surface area contributed by atoms with E-state index in [-0.39, 0.29) is 28.9 Å². The molecule has 1 unspecified atom stereocenters. The third-order valence-corrected chi connectivity index (χ3v) is 19.0. The minimum Gasteiger partial charge on any atom is -0.475 e. The van der Waals surface area contributed by atoms with Crippen LogP contribution in [0.15, 0.2) is 41.6 Å². The van der Waals surface area contributed by atoms with E-state index < -0.39 is 5.41 Å². The molecule has 1 aliphatic heterocycles. The van der Waals surface area contributed by atoms with Crippen molar-refractivity contribution in [1.29, 1.82) is 0 Å². The fourth-order valence-electron chi connectivity index (χ4n) is 15.8. The number of ether oxygens (including phenoxy) is 2. The quantitative estimate of drug-likeness (QED) is 0.167. The Kier molecular flexibility index (Phi) is 11.5. The van der Waals surface area contributed by atoms with Crippen molar-refractivity contribution in [3.05, 3.63) is 41.6 Å². The van der Waals surface area contributed by atoms with Crippen molar-refractivity contribution in [3.63, 3.8) is 0 Å². The number of nitrogens with zero attached hydrogens (tertiary/aromatic N) is 4. The van der Waals surface area contributed by atoms with Crippen molar-refractivity contribution in [3.8, 4) is 5.88 Å². The first-order chi connectivity index (χ1) is 27.7. The summed E-state index contributed by atoms with van der Waals surface area (Å²) in [4.78, 5) is 16.3. The number of piperidine rings is 1. The molecular weight excluding hydrogens is 719 g/mol. The summed E-state index contributed by atoms with van der Waals surface area (Å²) in [5, 5.41) is 12.5. The molecule has 1 aromatic heterocycles. The summed E-state index contributed by atoms with van der Waals surface area (Å²) in [6.45, 7) is 30.6. The molecule has 1 saturated heterocycles. The van der Waals surface area contributed by atoms with Crippen LogP contribution in [0, 0.1) is 56.7 Å². The van der Waals surface area contributed by atoms with Gasteiger partial charge in [-0.1, -0.05) is 70.6 Å². The summed E-state index contributed by atoms with van der Waals surface area (Å²) in [6.07, 6.45) is 25.0. The SMILES string of the molecule is C=C(C)[C@@H]1CC[C@]2(NCCN3CCCCC3)CC[C@]3(C)[C@H](CC[C@@H]4[C@@]5(C)CC=C(C6=CCC(COc7cnnn7CC)(C(=O)OCC)CC6)C(C)(C)[C@@H]5CC[C@]43C)[C@@H]12. The summed E-state index contributed by atoms with van der Waals surface area (Å²) >= 11 is 0. The molecule has 2 heterocycles. The number of esters is 1. The molecule has 0 spiro atoms. The molecule has 0 amide bonds. The number of aryl methyl sites for hydroxylation is 1. The van der Waals surface area contributed by atoms with E-state index >= 15 is 0 Å². The highest BCUT2D eigenvalue weighted by atomic mass is 16.5. The van der Waals surface area contributed by atoms with Crippen LogP contribution in [0.5, 0.6) is 5.88 Å². The predicted molar refractivity (Wildman–Crippen MR) is 233 cm³/mol. The van der Waals surface area contributed by atoms with Gasteiger partial charge in [-0.05, 0) is 186 Å². The number of carbonyl (C=O) groups excluding carboxylic acids is 1. The van der Waals surface area contributed by atoms with Gasteiger partial charge in [-0.2, -0.15) is 0 Å². The number of likely N-dealkylation sites (tertiary alicyclic amines) is 1. The Morgan fingerprint density at radius 3 is 2.41 bits per heavy atom. The van der Waals surface area contributed by atoms with E-state index in [4.69, 9.17) is 9.47 Å². The van der Waals surface area contributed by atoms with Crippen molar-refractivity contribution in [1.82, 2.24) is 25.2 Å². The third kappa shape index (κ3) is 6.70. The summed E-state index contributed by atoms with van der Waals surface area (Å²) in [5.41, 5.74) is 5.00. The van der Waals surface area contributed by atoms with Crippen molar-refractivity contribution in [2.75, 3.05) is 39.4 Å². The maximum Gasteiger partial charge on any atom is 0.315 e. The lowest BCUT2D eigenvalue weighted by atomic mass is 9.33. The molecule has 8 nitrogen and oxygen atoms in total. The molecule has 322 valence electrons. The molecule has 6 aliphatic carbocycles. The van der Waals surface area contributed by atoms with Crippen LogP contribution < -0.4 is 10.1 Å². The number of allylic oxidation sites excluding steroid dienone is 5. The van der Waals surface area contributed by atoms with E-state index in [9.17, 15) is 4.79 Å². The van der Waals surface area contributed by atoms with Gasteiger partial charge in [0, 0.05) is 25.2 Å². The lowest BCUT2D eigenvalue weighted by Crippen LogP contribution is -2.68. The molecule has 0 aromatic carbocycles. The fraction of sp³-hybridized carbons (Fsp3) is 0.820. The molecule has 8 heteroatoms. The third-order valence-electron chi connectivity index (χ3n) is 19.0. The van der Waals surface area contributed by atoms with Crippen LogP contribution in [-0.4, -0.2) is 70.8 Å². The zero-order chi connectivity index (χ0) is 41.1. The Morgan fingerprint density at radius 2 is 1.71 bits per heavy atom. The Morgan fingerprint density at radius 1 is 0.914 bits per heavy atom. The number of hydrogen-bond acceptors (Lipinski definition) is 7. The normalized spacial score (nSPS) is 40.9. The lowest BCUT2D eigenvalue weighted by Gasteiger charge is -2.72. The molecule has 4 saturated carbocycles. The molecule has 8 rings (SSSR count). The van der Waals surface area contributed by atoms with Gasteiger partial charge in [0.1, 0.15) is 18.2 Å². The van der Waals surface area contributed by atoms with E-state index in [0.717, 1.165) is 37.6 Å². The maximum absolute atomic E-state index is 13.6. The average molecular weight is 798 g/mol. The van der Waals surface area contributed by atoms with Crippen LogP contribution in [-0.2, 0) is 16.1 Å². The molecule has 0 radical (unpaired) electrons. The predicted octanol–water partition coefficient (Wildman–Crippen LogP) is 10.4. The van der Waals surface area contributed by atoms with E-state index in [0.29, 0.717) is 54.0 Å². The number of rotatable bonds is 12. The second-order valence-corrected chi connectivity index (χ2v) is 21.8. The van der Waals surface area contributed by atoms with Crippen LogP contribution in [0.1, 0.15) is 152 Å². The van der Waals surface area contributed by atoms with Gasteiger partial charge in [0.2, 0.25) is 5.88 Å². The van der Waals surface area contributed by atoms with Crippen molar-refractivity contribution in [2.45, 2.75) is 164 Å². The number of carbonyl (C=O) groups is 1. The van der Waals surface area contributed by atoms with Gasteiger partial charge in [0.25, 0.3) is 0 Å². The van der Waals surface area contributed by atoms with E-state index in [1.54, 1.807) is 16.5 Å². The first-order valence-electron chi connectivity index (χ1n) is 23.9. The van der Waals surface area contributed by atoms with Crippen molar-refractivity contribution < 1.29 is 14.3 Å². The highest BCUT2D eigenvalue weighted by Crippen LogP contribution is 2.76. The molecule has 1 N–H and O–H groups in total. The van der Waals surface area contributed by atoms with Gasteiger partial charge in [0.05, 0.1) is 6.61 Å². The van der Waals surface area contributed by atoms with Crippen molar-refractivity contribution >= 4 is 5.97 Å². The van der Waals surface area contributed by atoms with Gasteiger partial charge in [0.15, 0.2) is 0 Å². The standard InChI is InChI=1S/C50H79N5O3/c1-10-55-42(33-52-53-55)58-34-49(44(56)57-11-2)24-17-36(18-25-49)38-20-22-46(7)40(45(38,5)6)21-23-48(9)41(46)16-15-39-43-37(35(3)4)19-26-50(43,28-27-47(39,48)8)51-29-32-54-30-13-12-14-31-54/h17,20,33,37,39-41,43,51H,3,10-16,18-19,21-32,34H2,1-2,4-9H3/t37-,39+,40-,41+,43+,46-,47+,48+,49?,50-/m0/s1. The zero-order valence-electron chi connectivity index (χ0n) is 37.9. The van der Waals surface area contributed by atoms with Gasteiger partial charge < -0.3 is 19.7 Å².